The Morgan fingerprint density at radius 3 is 2.61 bits per heavy atom. The normalized spacial score (nSPS) is 14.6. The van der Waals surface area contributed by atoms with Crippen LogP contribution < -0.4 is 9.64 Å². The number of carboxylic acid groups (broad SMARTS) is 1. The van der Waals surface area contributed by atoms with Gasteiger partial charge in [0.15, 0.2) is 5.78 Å². The quantitative estimate of drug-likeness (QED) is 0.455. The molecule has 2 aromatic rings. The molecule has 36 heavy (non-hydrogen) atoms. The van der Waals surface area contributed by atoms with E-state index in [2.05, 4.69) is 30.7 Å². The number of pyridine rings is 1. The Morgan fingerprint density at radius 2 is 1.94 bits per heavy atom. The molecule has 8 nitrogen and oxygen atoms in total. The van der Waals surface area contributed by atoms with Gasteiger partial charge in [0, 0.05) is 41.9 Å². The third kappa shape index (κ3) is 5.72. The highest BCUT2D eigenvalue weighted by Gasteiger charge is 2.31. The summed E-state index contributed by atoms with van der Waals surface area (Å²) in [6.45, 7) is 10.6. The van der Waals surface area contributed by atoms with E-state index in [1.54, 1.807) is 4.90 Å². The first kappa shape index (κ1) is 27.6. The number of amidine groups is 1. The van der Waals surface area contributed by atoms with Crippen molar-refractivity contribution in [1.29, 1.82) is 5.41 Å². The monoisotopic (exact) mass is 558 g/mol. The van der Waals surface area contributed by atoms with Gasteiger partial charge in [0.2, 0.25) is 0 Å². The Morgan fingerprint density at radius 1 is 1.19 bits per heavy atom. The van der Waals surface area contributed by atoms with E-state index < -0.39 is 5.97 Å². The van der Waals surface area contributed by atoms with E-state index in [1.165, 1.54) is 0 Å². The smallest absolute Gasteiger partial charge is 0.303 e. The van der Waals surface area contributed by atoms with Gasteiger partial charge in [-0.15, -0.1) is 17.0 Å². The zero-order chi connectivity index (χ0) is 25.3. The maximum atomic E-state index is 13.5. The number of Topliss-reactive ketones (excluding diaryl/α,β-unsaturated/α-hetero) is 1. The van der Waals surface area contributed by atoms with Gasteiger partial charge in [-0.2, -0.15) is 0 Å². The summed E-state index contributed by atoms with van der Waals surface area (Å²) < 4.78 is 6.07. The second kappa shape index (κ2) is 11.0. The van der Waals surface area contributed by atoms with E-state index in [0.717, 1.165) is 34.7 Å². The summed E-state index contributed by atoms with van der Waals surface area (Å²) in [7, 11) is 0. The molecule has 9 heteroatoms. The molecule has 0 spiro atoms. The minimum atomic E-state index is -0.813. The number of benzene rings is 1. The number of hydrogen-bond donors (Lipinski definition) is 2. The summed E-state index contributed by atoms with van der Waals surface area (Å²) in [4.78, 5) is 33.0. The van der Waals surface area contributed by atoms with Crippen molar-refractivity contribution in [1.82, 2.24) is 9.88 Å². The number of rotatable bonds is 8. The van der Waals surface area contributed by atoms with Crippen molar-refractivity contribution in [3.8, 4) is 5.75 Å². The first-order chi connectivity index (χ1) is 16.6. The van der Waals surface area contributed by atoms with E-state index >= 15 is 0 Å². The molecule has 2 N–H and O–H groups in total. The molecule has 0 saturated carbocycles. The van der Waals surface area contributed by atoms with Crippen LogP contribution in [0, 0.1) is 5.41 Å². The third-order valence-electron chi connectivity index (χ3n) is 6.60. The number of ether oxygens (including phenoxy) is 1. The van der Waals surface area contributed by atoms with Crippen molar-refractivity contribution in [3.05, 3.63) is 52.3 Å². The van der Waals surface area contributed by atoms with Gasteiger partial charge in [0.05, 0.1) is 18.8 Å². The molecule has 0 bridgehead atoms. The van der Waals surface area contributed by atoms with Crippen LogP contribution in [-0.4, -0.2) is 58.8 Å². The molecule has 0 atom stereocenters. The number of carboxylic acids is 1. The summed E-state index contributed by atoms with van der Waals surface area (Å²) >= 11 is 0. The average molecular weight is 560 g/mol. The second-order valence-electron chi connectivity index (χ2n) is 10.2. The number of aryl methyl sites for hydroxylation is 1. The molecule has 0 saturated heterocycles. The molecule has 2 aliphatic heterocycles. The largest absolute Gasteiger partial charge is 0.489 e. The average Bonchev–Trinajstić information content (AvgIpc) is 3.12. The number of carbonyl (C=O) groups is 2. The van der Waals surface area contributed by atoms with Gasteiger partial charge >= 0.3 is 5.97 Å². The van der Waals surface area contributed by atoms with Crippen LogP contribution in [0.25, 0.3) is 0 Å². The van der Waals surface area contributed by atoms with Crippen molar-refractivity contribution in [2.45, 2.75) is 58.9 Å². The lowest BCUT2D eigenvalue weighted by molar-refractivity contribution is -0.137. The first-order valence-corrected chi connectivity index (χ1v) is 12.2. The molecule has 194 valence electrons. The fourth-order valence-corrected chi connectivity index (χ4v) is 4.64. The Hall–Kier alpha value is -2.94. The zero-order valence-electron chi connectivity index (χ0n) is 21.4. The van der Waals surface area contributed by atoms with E-state index in [9.17, 15) is 9.59 Å². The molecule has 0 unspecified atom stereocenters. The van der Waals surface area contributed by atoms with Gasteiger partial charge in [0.1, 0.15) is 23.9 Å². The predicted octanol–water partition coefficient (Wildman–Crippen LogP) is 4.61. The fourth-order valence-electron chi connectivity index (χ4n) is 4.64. The van der Waals surface area contributed by atoms with E-state index in [4.69, 9.17) is 15.3 Å². The second-order valence-corrected chi connectivity index (χ2v) is 10.2. The molecule has 0 amide bonds. The molecule has 0 fully saturated rings. The summed E-state index contributed by atoms with van der Waals surface area (Å²) in [6.07, 6.45) is 1.42. The van der Waals surface area contributed by atoms with Crippen LogP contribution in [0.3, 0.4) is 0 Å². The van der Waals surface area contributed by atoms with E-state index in [0.29, 0.717) is 43.9 Å². The number of nitrogens with zero attached hydrogens (tertiary/aromatic N) is 3. The molecule has 1 aromatic carbocycles. The van der Waals surface area contributed by atoms with Crippen molar-refractivity contribution < 1.29 is 19.4 Å². The minimum Gasteiger partial charge on any atom is -0.489 e. The van der Waals surface area contributed by atoms with Crippen LogP contribution in [0.4, 0.5) is 5.69 Å². The number of aliphatic carboxylic acids is 1. The zero-order valence-corrected chi connectivity index (χ0v) is 23.1. The van der Waals surface area contributed by atoms with Crippen molar-refractivity contribution >= 4 is 40.3 Å². The molecule has 0 radical (unpaired) electrons. The number of fused-ring (bicyclic) bond motifs is 2. The van der Waals surface area contributed by atoms with Crippen molar-refractivity contribution in [2.24, 2.45) is 0 Å². The van der Waals surface area contributed by atoms with Crippen LogP contribution in [0.2, 0.25) is 0 Å². The van der Waals surface area contributed by atoms with E-state index in [-0.39, 0.29) is 47.0 Å². The van der Waals surface area contributed by atoms with Crippen LogP contribution in [0.1, 0.15) is 73.4 Å². The van der Waals surface area contributed by atoms with Crippen LogP contribution >= 0.6 is 17.0 Å². The molecule has 2 aliphatic rings. The number of carbonyl (C=O) groups excluding carboxylic acids is 1. The first-order valence-electron chi connectivity index (χ1n) is 12.2. The topological polar surface area (TPSA) is 107 Å². The number of nitrogens with one attached hydrogen (secondary N) is 1. The number of anilines is 1. The lowest BCUT2D eigenvalue weighted by Gasteiger charge is -2.35. The maximum absolute atomic E-state index is 13.5. The summed E-state index contributed by atoms with van der Waals surface area (Å²) in [5.74, 6) is 0.180. The minimum absolute atomic E-state index is 0. The molecule has 1 aromatic heterocycles. The van der Waals surface area contributed by atoms with E-state index in [1.807, 2.05) is 31.2 Å². The Bertz CT molecular complexity index is 1180. The van der Waals surface area contributed by atoms with Gasteiger partial charge in [-0.25, -0.2) is 4.98 Å². The Kier molecular flexibility index (Phi) is 8.44. The standard InChI is InChI=1S/C27H34N4O4.BrH/c1-5-19-9-8-17-15-31(26(28)24(17)29-19)16-22(32)18-13-20(27(2,3)4)25-21(14-18)30(11-12-35-25)10-6-7-23(33)34;/h8-9,13-14,28H,5-7,10-12,15-16H2,1-4H3,(H,33,34);1H. The number of halogens is 1. The summed E-state index contributed by atoms with van der Waals surface area (Å²) in [5, 5.41) is 17.6. The van der Waals surface area contributed by atoms with Crippen molar-refractivity contribution in [3.63, 3.8) is 0 Å². The number of aromatic nitrogens is 1. The highest BCUT2D eigenvalue weighted by molar-refractivity contribution is 8.93. The molecule has 4 rings (SSSR count). The lowest BCUT2D eigenvalue weighted by Crippen LogP contribution is -2.35. The van der Waals surface area contributed by atoms with Gasteiger partial charge in [-0.1, -0.05) is 33.8 Å². The van der Waals surface area contributed by atoms with Gasteiger partial charge in [-0.05, 0) is 36.5 Å². The summed E-state index contributed by atoms with van der Waals surface area (Å²) in [5.41, 5.74) is 4.70. The van der Waals surface area contributed by atoms with Gasteiger partial charge < -0.3 is 19.6 Å². The van der Waals surface area contributed by atoms with Crippen LogP contribution in [0.5, 0.6) is 5.75 Å². The SMILES string of the molecule is Br.CCc1ccc2c(n1)C(=N)N(CC(=O)c1cc3c(c(C(C)(C)C)c1)OCCN3CCCC(=O)O)C2. The fraction of sp³-hybridized carbons (Fsp3) is 0.481. The van der Waals surface area contributed by atoms with Crippen LogP contribution in [0.15, 0.2) is 24.3 Å². The third-order valence-corrected chi connectivity index (χ3v) is 6.60. The summed E-state index contributed by atoms with van der Waals surface area (Å²) in [6, 6.07) is 7.77. The molecular formula is C27H35BrN4O4. The number of hydrogen-bond acceptors (Lipinski definition) is 6. The Labute approximate surface area is 222 Å². The van der Waals surface area contributed by atoms with Crippen LogP contribution in [-0.2, 0) is 23.2 Å². The van der Waals surface area contributed by atoms with Gasteiger partial charge in [0.25, 0.3) is 0 Å². The maximum Gasteiger partial charge on any atom is 0.303 e. The number of ketones is 1. The molecular weight excluding hydrogens is 524 g/mol. The lowest BCUT2D eigenvalue weighted by atomic mass is 9.84. The molecule has 3 heterocycles. The predicted molar refractivity (Wildman–Crippen MR) is 145 cm³/mol. The highest BCUT2D eigenvalue weighted by Crippen LogP contribution is 2.42. The molecule has 0 aliphatic carbocycles. The van der Waals surface area contributed by atoms with Gasteiger partial charge in [-0.3, -0.25) is 15.0 Å². The highest BCUT2D eigenvalue weighted by atomic mass is 79.9. The Balaban J connectivity index is 0.00000361. The van der Waals surface area contributed by atoms with Crippen molar-refractivity contribution in [2.75, 3.05) is 31.1 Å².